The van der Waals surface area contributed by atoms with Gasteiger partial charge in [-0.3, -0.25) is 19.2 Å². The van der Waals surface area contributed by atoms with E-state index in [2.05, 4.69) is 13.8 Å². The molecule has 0 unspecified atom stereocenters. The minimum Gasteiger partial charge on any atom is -0.344 e. The van der Waals surface area contributed by atoms with Gasteiger partial charge in [0.1, 0.15) is 0 Å². The van der Waals surface area contributed by atoms with E-state index in [9.17, 15) is 19.2 Å². The second-order valence-electron chi connectivity index (χ2n) is 9.47. The quantitative estimate of drug-likeness (QED) is 0.537. The molecule has 168 valence electrons. The van der Waals surface area contributed by atoms with E-state index in [1.54, 1.807) is 44.5 Å². The number of likely N-dealkylation sites (N-methyl/N-ethyl adjacent to an activating group) is 1. The average molecular weight is 419 g/mol. The van der Waals surface area contributed by atoms with Gasteiger partial charge in [-0.2, -0.15) is 0 Å². The van der Waals surface area contributed by atoms with Crippen LogP contribution in [0.2, 0.25) is 0 Å². The van der Waals surface area contributed by atoms with Crippen molar-refractivity contribution in [3.05, 3.63) is 22.3 Å². The summed E-state index contributed by atoms with van der Waals surface area (Å²) in [5.74, 6) is 0.110. The van der Waals surface area contributed by atoms with Crippen LogP contribution in [0.5, 0.6) is 0 Å². The zero-order chi connectivity index (χ0) is 23.4. The van der Waals surface area contributed by atoms with Gasteiger partial charge in [0.15, 0.2) is 11.6 Å². The Hall–Kier alpha value is -2.24. The molecule has 0 saturated carbocycles. The van der Waals surface area contributed by atoms with Crippen molar-refractivity contribution >= 4 is 23.4 Å². The molecule has 0 aromatic rings. The molecule has 2 amide bonds. The Morgan fingerprint density at radius 3 is 1.93 bits per heavy atom. The lowest BCUT2D eigenvalue weighted by atomic mass is 9.71. The second-order valence-corrected chi connectivity index (χ2v) is 9.47. The highest BCUT2D eigenvalue weighted by Gasteiger charge is 2.38. The molecule has 1 rings (SSSR count). The fourth-order valence-corrected chi connectivity index (χ4v) is 3.75. The number of allylic oxidation sites excluding steroid dienone is 4. The molecule has 0 heterocycles. The Labute approximate surface area is 181 Å². The van der Waals surface area contributed by atoms with Crippen LogP contribution in [0.15, 0.2) is 22.3 Å². The van der Waals surface area contributed by atoms with Crippen molar-refractivity contribution in [2.24, 2.45) is 11.3 Å². The molecule has 30 heavy (non-hydrogen) atoms. The smallest absolute Gasteiger partial charge is 0.223 e. The molecule has 1 aliphatic rings. The van der Waals surface area contributed by atoms with Crippen molar-refractivity contribution in [3.8, 4) is 0 Å². The van der Waals surface area contributed by atoms with Crippen molar-refractivity contribution in [2.75, 3.05) is 26.7 Å². The van der Waals surface area contributed by atoms with E-state index < -0.39 is 5.41 Å². The lowest BCUT2D eigenvalue weighted by Gasteiger charge is -2.33. The van der Waals surface area contributed by atoms with Gasteiger partial charge in [0.05, 0.1) is 0 Å². The molecule has 0 aliphatic heterocycles. The normalized spacial score (nSPS) is 15.3. The lowest BCUT2D eigenvalue weighted by molar-refractivity contribution is -0.134. The van der Waals surface area contributed by atoms with E-state index in [1.165, 1.54) is 0 Å². The zero-order valence-corrected chi connectivity index (χ0v) is 20.1. The van der Waals surface area contributed by atoms with Crippen LogP contribution in [0.4, 0.5) is 0 Å². The average Bonchev–Trinajstić information content (AvgIpc) is 2.63. The summed E-state index contributed by atoms with van der Waals surface area (Å²) >= 11 is 0. The van der Waals surface area contributed by atoms with E-state index in [0.717, 1.165) is 6.42 Å². The van der Waals surface area contributed by atoms with Crippen molar-refractivity contribution in [3.63, 3.8) is 0 Å². The fourth-order valence-electron chi connectivity index (χ4n) is 3.75. The third kappa shape index (κ3) is 6.13. The third-order valence-corrected chi connectivity index (χ3v) is 6.01. The number of amides is 2. The predicted octanol–water partition coefficient (Wildman–Crippen LogP) is 3.56. The minimum atomic E-state index is -0.762. The predicted molar refractivity (Wildman–Crippen MR) is 119 cm³/mol. The molecule has 0 bridgehead atoms. The van der Waals surface area contributed by atoms with Crippen LogP contribution >= 0.6 is 0 Å². The van der Waals surface area contributed by atoms with Gasteiger partial charge in [0, 0.05) is 67.7 Å². The summed E-state index contributed by atoms with van der Waals surface area (Å²) in [6, 6.07) is 0. The van der Waals surface area contributed by atoms with Gasteiger partial charge in [0.25, 0.3) is 0 Å². The van der Waals surface area contributed by atoms with Gasteiger partial charge in [0.2, 0.25) is 11.8 Å². The SMILES string of the molecule is CC(=O)N(CCC(C)C)CCN(C)C(=O)CC(C)(C)C1=C(C)C(=O)C(C)=C(C)C1=O. The van der Waals surface area contributed by atoms with Crippen LogP contribution in [0.3, 0.4) is 0 Å². The Kier molecular flexibility index (Phi) is 8.76. The van der Waals surface area contributed by atoms with E-state index in [-0.39, 0.29) is 29.8 Å². The van der Waals surface area contributed by atoms with E-state index >= 15 is 0 Å². The molecule has 0 aromatic heterocycles. The number of hydrogen-bond acceptors (Lipinski definition) is 4. The number of carbonyl (C=O) groups is 4. The van der Waals surface area contributed by atoms with Crippen LogP contribution in [0.25, 0.3) is 0 Å². The molecule has 0 aromatic carbocycles. The van der Waals surface area contributed by atoms with Gasteiger partial charge >= 0.3 is 0 Å². The van der Waals surface area contributed by atoms with Crippen LogP contribution in [0.1, 0.15) is 68.2 Å². The largest absolute Gasteiger partial charge is 0.344 e. The van der Waals surface area contributed by atoms with E-state index in [1.807, 2.05) is 13.8 Å². The summed E-state index contributed by atoms with van der Waals surface area (Å²) in [4.78, 5) is 53.5. The monoisotopic (exact) mass is 418 g/mol. The maximum Gasteiger partial charge on any atom is 0.223 e. The van der Waals surface area contributed by atoms with Gasteiger partial charge < -0.3 is 9.80 Å². The highest BCUT2D eigenvalue weighted by Crippen LogP contribution is 2.39. The van der Waals surface area contributed by atoms with E-state index in [0.29, 0.717) is 47.8 Å². The first-order valence-electron chi connectivity index (χ1n) is 10.7. The van der Waals surface area contributed by atoms with Gasteiger partial charge in [-0.1, -0.05) is 27.7 Å². The van der Waals surface area contributed by atoms with Crippen LogP contribution in [-0.4, -0.2) is 59.9 Å². The summed E-state index contributed by atoms with van der Waals surface area (Å²) in [7, 11) is 1.71. The molecular formula is C24H38N2O4. The van der Waals surface area contributed by atoms with Crippen LogP contribution in [0, 0.1) is 11.3 Å². The molecule has 0 spiro atoms. The Morgan fingerprint density at radius 2 is 1.43 bits per heavy atom. The zero-order valence-electron chi connectivity index (χ0n) is 20.1. The molecule has 6 heteroatoms. The first-order valence-corrected chi connectivity index (χ1v) is 10.7. The maximum atomic E-state index is 12.9. The van der Waals surface area contributed by atoms with Crippen molar-refractivity contribution in [2.45, 2.75) is 68.2 Å². The second kappa shape index (κ2) is 10.2. The fraction of sp³-hybridized carbons (Fsp3) is 0.667. The summed E-state index contributed by atoms with van der Waals surface area (Å²) in [5, 5.41) is 0. The lowest BCUT2D eigenvalue weighted by Crippen LogP contribution is -2.41. The standard InChI is InChI=1S/C24H38N2O4/c1-15(2)10-11-26(19(6)27)13-12-25(9)20(28)14-24(7,8)21-18(5)22(29)16(3)17(4)23(21)30/h15H,10-14H2,1-9H3. The van der Waals surface area contributed by atoms with Crippen molar-refractivity contribution in [1.82, 2.24) is 9.80 Å². The number of ketones is 2. The number of hydrogen-bond donors (Lipinski definition) is 0. The molecular weight excluding hydrogens is 380 g/mol. The topological polar surface area (TPSA) is 74.8 Å². The molecule has 0 atom stereocenters. The third-order valence-electron chi connectivity index (χ3n) is 6.01. The maximum absolute atomic E-state index is 12.9. The Morgan fingerprint density at radius 1 is 0.900 bits per heavy atom. The summed E-state index contributed by atoms with van der Waals surface area (Å²) in [6.07, 6.45) is 1.04. The van der Waals surface area contributed by atoms with Gasteiger partial charge in [-0.05, 0) is 33.1 Å². The van der Waals surface area contributed by atoms with Crippen LogP contribution < -0.4 is 0 Å². The minimum absolute atomic E-state index is 0.00144. The number of carbonyl (C=O) groups excluding carboxylic acids is 4. The molecule has 0 radical (unpaired) electrons. The Bertz CT molecular complexity index is 787. The molecule has 1 aliphatic carbocycles. The number of rotatable bonds is 9. The first kappa shape index (κ1) is 25.8. The summed E-state index contributed by atoms with van der Waals surface area (Å²) < 4.78 is 0. The highest BCUT2D eigenvalue weighted by molar-refractivity contribution is 6.25. The summed E-state index contributed by atoms with van der Waals surface area (Å²) in [6.45, 7) is 16.0. The molecule has 0 N–H and O–H groups in total. The van der Waals surface area contributed by atoms with Gasteiger partial charge in [-0.25, -0.2) is 0 Å². The van der Waals surface area contributed by atoms with Crippen LogP contribution in [-0.2, 0) is 19.2 Å². The molecule has 0 saturated heterocycles. The van der Waals surface area contributed by atoms with E-state index in [4.69, 9.17) is 0 Å². The highest BCUT2D eigenvalue weighted by atomic mass is 16.2. The first-order chi connectivity index (χ1) is 13.7. The Balaban J connectivity index is 2.86. The van der Waals surface area contributed by atoms with Crippen molar-refractivity contribution < 1.29 is 19.2 Å². The number of nitrogens with zero attached hydrogens (tertiary/aromatic N) is 2. The summed E-state index contributed by atoms with van der Waals surface area (Å²) in [5.41, 5.74) is 1.03. The van der Waals surface area contributed by atoms with Crippen molar-refractivity contribution in [1.29, 1.82) is 0 Å². The molecule has 6 nitrogen and oxygen atoms in total. The number of Topliss-reactive ketones (excluding diaryl/α,β-unsaturated/α-hetero) is 2. The molecule has 0 fully saturated rings. The van der Waals surface area contributed by atoms with Gasteiger partial charge in [-0.15, -0.1) is 0 Å².